The minimum absolute atomic E-state index is 0.520. The summed E-state index contributed by atoms with van der Waals surface area (Å²) < 4.78 is 0. The number of nitrogens with two attached hydrogens (primary N) is 3. The van der Waals surface area contributed by atoms with Crippen LogP contribution in [-0.2, 0) is 4.79 Å². The van der Waals surface area contributed by atoms with E-state index >= 15 is 0 Å². The average Bonchev–Trinajstić information content (AvgIpc) is 2.15. The fraction of sp³-hybridized carbons (Fsp3) is 0.625. The summed E-state index contributed by atoms with van der Waals surface area (Å²) in [6.45, 7) is 0.604. The van der Waals surface area contributed by atoms with Crippen LogP contribution in [0.5, 0.6) is 0 Å². The normalized spacial score (nSPS) is 9.89. The highest BCUT2D eigenvalue weighted by Crippen LogP contribution is 1.96. The zero-order chi connectivity index (χ0) is 15.1. The lowest BCUT2D eigenvalue weighted by molar-refractivity contribution is -0.138. The molecule has 0 aliphatic carbocycles. The molecule has 0 aliphatic rings. The van der Waals surface area contributed by atoms with Crippen LogP contribution in [0.2, 0.25) is 0 Å². The molecular formula is C8H19N3O7. The summed E-state index contributed by atoms with van der Waals surface area (Å²) in [4.78, 5) is 27.5. The Hall–Kier alpha value is -2.07. The topological polar surface area (TPSA) is 210 Å². The summed E-state index contributed by atoms with van der Waals surface area (Å²) in [7, 11) is 0. The van der Waals surface area contributed by atoms with Crippen molar-refractivity contribution in [2.24, 2.45) is 17.2 Å². The van der Waals surface area contributed by atoms with Gasteiger partial charge in [0.2, 0.25) is 0 Å². The standard InChI is InChI=1S/C6H14N2O2.CH3NO2.CH2O3/c7-4-2-1-3-5(8)6(9)10;2*2-1(3)4/h5H,1-4,7-8H2,(H,9,10);2H2,(H,3,4);(H2,2,3,4)/t5-;;/m0../s1. The van der Waals surface area contributed by atoms with Gasteiger partial charge in [-0.1, -0.05) is 6.42 Å². The maximum Gasteiger partial charge on any atom is 0.503 e. The minimum atomic E-state index is -1.83. The van der Waals surface area contributed by atoms with Crippen molar-refractivity contribution in [1.29, 1.82) is 0 Å². The SMILES string of the molecule is NC(=O)O.NCCCC[C@H](N)C(=O)O.O=C(O)O. The molecule has 108 valence electrons. The first-order chi connectivity index (χ1) is 8.14. The number of hydrogen-bond donors (Lipinski definition) is 7. The maximum atomic E-state index is 10.1. The molecule has 0 aromatic rings. The van der Waals surface area contributed by atoms with Crippen LogP contribution in [0.25, 0.3) is 0 Å². The second-order valence-corrected chi connectivity index (χ2v) is 2.85. The lowest BCUT2D eigenvalue weighted by Gasteiger charge is -2.03. The first kappa shape index (κ1) is 21.2. The zero-order valence-corrected chi connectivity index (χ0v) is 9.65. The van der Waals surface area contributed by atoms with E-state index in [2.05, 4.69) is 5.73 Å². The Balaban J connectivity index is -0.000000233. The van der Waals surface area contributed by atoms with Crippen molar-refractivity contribution in [3.63, 3.8) is 0 Å². The van der Waals surface area contributed by atoms with Gasteiger partial charge in [0.15, 0.2) is 0 Å². The smallest absolute Gasteiger partial charge is 0.480 e. The largest absolute Gasteiger partial charge is 0.503 e. The van der Waals surface area contributed by atoms with Crippen LogP contribution < -0.4 is 17.2 Å². The van der Waals surface area contributed by atoms with E-state index in [4.69, 9.17) is 41.5 Å². The van der Waals surface area contributed by atoms with Crippen molar-refractivity contribution >= 4 is 18.2 Å². The van der Waals surface area contributed by atoms with Crippen LogP contribution in [-0.4, -0.2) is 51.2 Å². The van der Waals surface area contributed by atoms with Gasteiger partial charge in [0.1, 0.15) is 6.04 Å². The van der Waals surface area contributed by atoms with Gasteiger partial charge in [-0.05, 0) is 19.4 Å². The molecule has 18 heavy (non-hydrogen) atoms. The number of aliphatic carboxylic acids is 1. The van der Waals surface area contributed by atoms with E-state index in [0.29, 0.717) is 13.0 Å². The monoisotopic (exact) mass is 269 g/mol. The number of carboxylic acid groups (broad SMARTS) is 4. The summed E-state index contributed by atoms with van der Waals surface area (Å²) in [6.07, 6.45) is -1.00. The maximum absolute atomic E-state index is 10.1. The number of primary amides is 1. The number of hydrogen-bond acceptors (Lipinski definition) is 5. The van der Waals surface area contributed by atoms with E-state index < -0.39 is 24.3 Å². The molecule has 0 bridgehead atoms. The molecule has 10 N–H and O–H groups in total. The van der Waals surface area contributed by atoms with Crippen molar-refractivity contribution in [3.05, 3.63) is 0 Å². The quantitative estimate of drug-likeness (QED) is 0.316. The summed E-state index contributed by atoms with van der Waals surface area (Å²) in [5.74, 6) is -0.933. The predicted molar refractivity (Wildman–Crippen MR) is 61.4 cm³/mol. The first-order valence-corrected chi connectivity index (χ1v) is 4.73. The zero-order valence-electron chi connectivity index (χ0n) is 9.65. The number of carboxylic acids is 1. The minimum Gasteiger partial charge on any atom is -0.480 e. The van der Waals surface area contributed by atoms with Crippen LogP contribution in [0.15, 0.2) is 0 Å². The van der Waals surface area contributed by atoms with Crippen LogP contribution in [0.3, 0.4) is 0 Å². The second-order valence-electron chi connectivity index (χ2n) is 2.85. The van der Waals surface area contributed by atoms with E-state index in [1.165, 1.54) is 0 Å². The molecule has 10 heteroatoms. The van der Waals surface area contributed by atoms with Gasteiger partial charge in [0.05, 0.1) is 0 Å². The third-order valence-corrected chi connectivity index (χ3v) is 1.29. The molecule has 0 unspecified atom stereocenters. The van der Waals surface area contributed by atoms with E-state index in [1.807, 2.05) is 0 Å². The van der Waals surface area contributed by atoms with E-state index in [1.54, 1.807) is 0 Å². The van der Waals surface area contributed by atoms with Gasteiger partial charge >= 0.3 is 18.2 Å². The lowest BCUT2D eigenvalue weighted by Crippen LogP contribution is -2.29. The molecule has 0 saturated carbocycles. The van der Waals surface area contributed by atoms with Gasteiger partial charge in [-0.15, -0.1) is 0 Å². The highest BCUT2D eigenvalue weighted by atomic mass is 16.6. The molecule has 1 amide bonds. The Morgan fingerprint density at radius 2 is 1.33 bits per heavy atom. The van der Waals surface area contributed by atoms with Gasteiger partial charge in [-0.3, -0.25) is 4.79 Å². The fourth-order valence-electron chi connectivity index (χ4n) is 0.632. The molecule has 0 saturated heterocycles. The summed E-state index contributed by atoms with van der Waals surface area (Å²) in [5.41, 5.74) is 14.4. The molecule has 0 radical (unpaired) electrons. The third-order valence-electron chi connectivity index (χ3n) is 1.29. The summed E-state index contributed by atoms with van der Waals surface area (Å²) >= 11 is 0. The van der Waals surface area contributed by atoms with E-state index in [9.17, 15) is 4.79 Å². The van der Waals surface area contributed by atoms with Gasteiger partial charge in [-0.25, -0.2) is 9.59 Å². The second kappa shape index (κ2) is 14.9. The molecule has 1 atom stereocenters. The molecule has 0 spiro atoms. The van der Waals surface area contributed by atoms with Gasteiger partial charge in [0.25, 0.3) is 0 Å². The Morgan fingerprint density at radius 1 is 1.00 bits per heavy atom. The molecule has 0 heterocycles. The average molecular weight is 269 g/mol. The summed E-state index contributed by atoms with van der Waals surface area (Å²) in [5, 5.41) is 29.5. The van der Waals surface area contributed by atoms with Crippen molar-refractivity contribution in [3.8, 4) is 0 Å². The van der Waals surface area contributed by atoms with Gasteiger partial charge in [0, 0.05) is 0 Å². The molecule has 0 rings (SSSR count). The number of rotatable bonds is 5. The highest BCUT2D eigenvalue weighted by molar-refractivity contribution is 5.72. The molecule has 0 aliphatic heterocycles. The number of carbonyl (C=O) groups is 3. The fourth-order valence-corrected chi connectivity index (χ4v) is 0.632. The van der Waals surface area contributed by atoms with Crippen molar-refractivity contribution in [1.82, 2.24) is 0 Å². The highest BCUT2D eigenvalue weighted by Gasteiger charge is 2.09. The van der Waals surface area contributed by atoms with E-state index in [0.717, 1.165) is 12.8 Å². The van der Waals surface area contributed by atoms with Crippen LogP contribution in [0.4, 0.5) is 9.59 Å². The predicted octanol–water partition coefficient (Wildman–Crippen LogP) is -0.627. The van der Waals surface area contributed by atoms with Crippen LogP contribution >= 0.6 is 0 Å². The summed E-state index contributed by atoms with van der Waals surface area (Å²) in [6, 6.07) is -0.716. The Bertz CT molecular complexity index is 227. The van der Waals surface area contributed by atoms with Gasteiger partial charge in [-0.2, -0.15) is 0 Å². The molecular weight excluding hydrogens is 250 g/mol. The van der Waals surface area contributed by atoms with Crippen LogP contribution in [0, 0.1) is 0 Å². The Labute approximate surface area is 103 Å². The third kappa shape index (κ3) is 48.5. The number of amides is 1. The molecule has 0 aromatic heterocycles. The molecule has 0 aromatic carbocycles. The van der Waals surface area contributed by atoms with Crippen molar-refractivity contribution in [2.45, 2.75) is 25.3 Å². The lowest BCUT2D eigenvalue weighted by atomic mass is 10.1. The Kier molecular flexibility index (Phi) is 17.6. The molecule has 0 fully saturated rings. The van der Waals surface area contributed by atoms with Crippen molar-refractivity contribution < 1.29 is 34.8 Å². The number of unbranched alkanes of at least 4 members (excludes halogenated alkanes) is 1. The van der Waals surface area contributed by atoms with Crippen LogP contribution in [0.1, 0.15) is 19.3 Å². The Morgan fingerprint density at radius 3 is 1.56 bits per heavy atom. The van der Waals surface area contributed by atoms with E-state index in [-0.39, 0.29) is 0 Å². The van der Waals surface area contributed by atoms with Gasteiger partial charge < -0.3 is 37.6 Å². The first-order valence-electron chi connectivity index (χ1n) is 4.73. The van der Waals surface area contributed by atoms with Crippen molar-refractivity contribution in [2.75, 3.05) is 6.54 Å². The molecule has 10 nitrogen and oxygen atoms in total.